The molecule has 120 heavy (non-hydrogen) atoms. The van der Waals surface area contributed by atoms with Crippen molar-refractivity contribution in [2.45, 2.75) is 125 Å². The second kappa shape index (κ2) is 39.7. The SMILES string of the molecule is CC(=O)Oc1cc(OC(C)=O)c(Oc2cc(OC(C)=O)c(Oc3cc(OC(C)=O)c(OC(C)=O)c(OC(C)=O)c3Oc3cc(OC(C)=O)c(OC(C)=O)c(Oc4cc(OC(C)=O)c(OC(C)=O)c(OC(C)=O)c4Oc4cc(OC(C)=O)c(Oc5cc(OC(C)=O)c(OC(C)=O)c(OC(C)=O)c5)c(OC(C)=O)c4)c3)c(OC(C)=O)c2)c(OC(C)=O)c1. The van der Waals surface area contributed by atoms with Gasteiger partial charge in [0.25, 0.3) is 0 Å². The van der Waals surface area contributed by atoms with E-state index < -0.39 is 274 Å². The van der Waals surface area contributed by atoms with E-state index in [1.165, 1.54) is 0 Å². The predicted octanol–water partition coefficient (Wildman–Crippen LogP) is 11.1. The van der Waals surface area contributed by atoms with Gasteiger partial charge in [0.1, 0.15) is 28.7 Å². The highest BCUT2D eigenvalue weighted by atomic mass is 16.7. The molecule has 0 saturated heterocycles. The molecule has 7 aromatic rings. The van der Waals surface area contributed by atoms with Gasteiger partial charge in [-0.05, 0) is 0 Å². The number of esters is 18. The Hall–Kier alpha value is -16.2. The van der Waals surface area contributed by atoms with Crippen LogP contribution in [0.2, 0.25) is 0 Å². The van der Waals surface area contributed by atoms with E-state index >= 15 is 0 Å². The van der Waals surface area contributed by atoms with Crippen molar-refractivity contribution in [1.29, 1.82) is 0 Å². The molecule has 7 rings (SSSR count). The zero-order valence-electron chi connectivity index (χ0n) is 66.1. The molecule has 0 heterocycles. The van der Waals surface area contributed by atoms with Crippen molar-refractivity contribution in [3.8, 4) is 172 Å². The quantitative estimate of drug-likeness (QED) is 0.0298. The lowest BCUT2D eigenvalue weighted by Gasteiger charge is -2.23. The molecule has 0 radical (unpaired) electrons. The maximum atomic E-state index is 13.5. The Morgan fingerprint density at radius 2 is 0.275 bits per heavy atom. The molecule has 0 unspecified atom stereocenters. The molecule has 0 fully saturated rings. The van der Waals surface area contributed by atoms with Crippen molar-refractivity contribution in [3.05, 3.63) is 72.8 Å². The molecule has 0 aliphatic rings. The number of hydrogen-bond donors (Lipinski definition) is 0. The largest absolute Gasteiger partial charge is 0.449 e. The standard InChI is InChI=1S/C78H66O42/c1-31(79)97-49-19-57(101-35(5)83)70(58(20-49)102-36(6)84)116-51-23-61(105-39(9)87)72(62(24-51)106-40(10)88)120-67-30-65(108-42(12)90)74(112-46(16)94)78(114-48(18)96)76(67)118-53-25-56(100-34(4)82)69(110-44(14)92)63(28-53)119-66-29-64(107-41(11)89)73(111-45(15)93)77(113-47(17)95)75(66)117-52-26-59(103-37(7)85)71(60(27-52)104-38(8)86)115-50-21-54(98-32(2)80)68(109-43(13)91)55(22-50)99-33(3)81/h19-30H,1-18H3. The van der Waals surface area contributed by atoms with Gasteiger partial charge >= 0.3 is 107 Å². The van der Waals surface area contributed by atoms with Crippen LogP contribution in [0.3, 0.4) is 0 Å². The minimum atomic E-state index is -1.31. The number of carbonyl (C=O) groups is 18. The number of ether oxygens (including phenoxy) is 24. The predicted molar refractivity (Wildman–Crippen MR) is 389 cm³/mol. The smallest absolute Gasteiger partial charge is 0.308 e. The van der Waals surface area contributed by atoms with E-state index in [1.807, 2.05) is 0 Å². The van der Waals surface area contributed by atoms with Crippen molar-refractivity contribution in [2.75, 3.05) is 0 Å². The van der Waals surface area contributed by atoms with Crippen molar-refractivity contribution < 1.29 is 200 Å². The monoisotopic (exact) mass is 1670 g/mol. The molecule has 630 valence electrons. The fraction of sp³-hybridized carbons (Fsp3) is 0.231. The number of hydrogen-bond acceptors (Lipinski definition) is 42. The minimum Gasteiger partial charge on any atom is -0.449 e. The first-order valence-electron chi connectivity index (χ1n) is 33.9. The summed E-state index contributed by atoms with van der Waals surface area (Å²) in [6.07, 6.45) is 0. The maximum Gasteiger partial charge on any atom is 0.308 e. The molecule has 0 aromatic heterocycles. The first-order chi connectivity index (χ1) is 56.2. The molecule has 42 heteroatoms. The Kier molecular flexibility index (Phi) is 30.1. The molecule has 7 aromatic carbocycles. The van der Waals surface area contributed by atoms with Gasteiger partial charge in [0.15, 0.2) is 80.5 Å². The van der Waals surface area contributed by atoms with E-state index in [0.717, 1.165) is 185 Å². The molecule has 0 atom stereocenters. The summed E-state index contributed by atoms with van der Waals surface area (Å²) in [5, 5.41) is 0. The Morgan fingerprint density at radius 1 is 0.125 bits per heavy atom. The first-order valence-corrected chi connectivity index (χ1v) is 33.9. The van der Waals surface area contributed by atoms with E-state index in [1.54, 1.807) is 0 Å². The molecule has 0 aliphatic heterocycles. The molecule has 0 amide bonds. The average Bonchev–Trinajstić information content (AvgIpc) is 0.758. The highest BCUT2D eigenvalue weighted by Gasteiger charge is 2.37. The van der Waals surface area contributed by atoms with Crippen LogP contribution in [0.5, 0.6) is 172 Å². The van der Waals surface area contributed by atoms with E-state index in [0.29, 0.717) is 12.1 Å². The van der Waals surface area contributed by atoms with E-state index in [-0.39, 0.29) is 5.75 Å². The number of rotatable bonds is 30. The summed E-state index contributed by atoms with van der Waals surface area (Å²) in [5.41, 5.74) is 0. The van der Waals surface area contributed by atoms with Gasteiger partial charge in [-0.1, -0.05) is 0 Å². The third-order valence-electron chi connectivity index (χ3n) is 13.1. The topological polar surface area (TPSA) is 529 Å². The first kappa shape index (κ1) is 91.0. The van der Waals surface area contributed by atoms with Crippen molar-refractivity contribution in [2.24, 2.45) is 0 Å². The molecular formula is C78H66O42. The zero-order chi connectivity index (χ0) is 89.2. The minimum absolute atomic E-state index is 0.357. The van der Waals surface area contributed by atoms with Crippen molar-refractivity contribution >= 4 is 107 Å². The van der Waals surface area contributed by atoms with Gasteiger partial charge in [0, 0.05) is 197 Å². The van der Waals surface area contributed by atoms with Crippen LogP contribution in [0, 0.1) is 0 Å². The highest BCUT2D eigenvalue weighted by molar-refractivity contribution is 5.87. The third kappa shape index (κ3) is 25.9. The lowest BCUT2D eigenvalue weighted by atomic mass is 10.2. The highest BCUT2D eigenvalue weighted by Crippen LogP contribution is 2.60. The lowest BCUT2D eigenvalue weighted by Crippen LogP contribution is -2.13. The fourth-order valence-corrected chi connectivity index (χ4v) is 9.78. The Labute approximate surface area is 675 Å². The lowest BCUT2D eigenvalue weighted by molar-refractivity contribution is -0.135. The zero-order valence-corrected chi connectivity index (χ0v) is 66.1. The molecule has 0 bridgehead atoms. The fourth-order valence-electron chi connectivity index (χ4n) is 9.78. The normalized spacial score (nSPS) is 10.3. The molecule has 0 spiro atoms. The van der Waals surface area contributed by atoms with Crippen LogP contribution >= 0.6 is 0 Å². The molecule has 42 nitrogen and oxygen atoms in total. The summed E-state index contributed by atoms with van der Waals surface area (Å²) < 4.78 is 136. The summed E-state index contributed by atoms with van der Waals surface area (Å²) in [7, 11) is 0. The maximum absolute atomic E-state index is 13.5. The van der Waals surface area contributed by atoms with Gasteiger partial charge in [0.05, 0.1) is 0 Å². The van der Waals surface area contributed by atoms with Gasteiger partial charge in [-0.3, -0.25) is 86.3 Å². The van der Waals surface area contributed by atoms with Crippen LogP contribution in [-0.2, 0) is 86.3 Å². The molecule has 0 aliphatic carbocycles. The van der Waals surface area contributed by atoms with E-state index in [9.17, 15) is 86.3 Å². The molecule has 0 saturated carbocycles. The van der Waals surface area contributed by atoms with Crippen LogP contribution in [-0.4, -0.2) is 107 Å². The van der Waals surface area contributed by atoms with Gasteiger partial charge in [-0.15, -0.1) is 0 Å². The Balaban J connectivity index is 1.61. The number of benzene rings is 7. The van der Waals surface area contributed by atoms with Crippen LogP contribution < -0.4 is 114 Å². The molecular weight excluding hydrogens is 1610 g/mol. The van der Waals surface area contributed by atoms with Gasteiger partial charge in [-0.25, -0.2) is 0 Å². The second-order valence-electron chi connectivity index (χ2n) is 23.8. The summed E-state index contributed by atoms with van der Waals surface area (Å²) >= 11 is 0. The average molecular weight is 1680 g/mol. The van der Waals surface area contributed by atoms with Gasteiger partial charge in [0.2, 0.25) is 63.2 Å². The van der Waals surface area contributed by atoms with Crippen LogP contribution in [0.15, 0.2) is 72.8 Å². The van der Waals surface area contributed by atoms with Crippen molar-refractivity contribution in [1.82, 2.24) is 0 Å². The summed E-state index contributed by atoms with van der Waals surface area (Å²) in [6.45, 7) is 15.8. The van der Waals surface area contributed by atoms with Crippen LogP contribution in [0.4, 0.5) is 0 Å². The summed E-state index contributed by atoms with van der Waals surface area (Å²) in [4.78, 5) is 233. The van der Waals surface area contributed by atoms with Gasteiger partial charge in [-0.2, -0.15) is 0 Å². The van der Waals surface area contributed by atoms with E-state index in [4.69, 9.17) is 114 Å². The summed E-state index contributed by atoms with van der Waals surface area (Å²) in [5.74, 6) is -45.1. The third-order valence-corrected chi connectivity index (χ3v) is 13.1. The summed E-state index contributed by atoms with van der Waals surface area (Å²) in [6, 6.07) is 9.94. The van der Waals surface area contributed by atoms with Crippen molar-refractivity contribution in [3.63, 3.8) is 0 Å². The van der Waals surface area contributed by atoms with E-state index in [2.05, 4.69) is 0 Å². The van der Waals surface area contributed by atoms with Gasteiger partial charge < -0.3 is 114 Å². The second-order valence-corrected chi connectivity index (χ2v) is 23.8. The molecule has 0 N–H and O–H groups in total. The number of carbonyl (C=O) groups excluding carboxylic acids is 18. The Morgan fingerprint density at radius 3 is 0.508 bits per heavy atom. The Bertz CT molecular complexity index is 5320. The van der Waals surface area contributed by atoms with Crippen LogP contribution in [0.1, 0.15) is 125 Å². The van der Waals surface area contributed by atoms with Crippen LogP contribution in [0.25, 0.3) is 0 Å².